The molecule has 0 spiro atoms. The van der Waals surface area contributed by atoms with Crippen molar-refractivity contribution in [2.75, 3.05) is 0 Å². The summed E-state index contributed by atoms with van der Waals surface area (Å²) in [4.78, 5) is 1.72. The molecular weight excluding hydrogens is 102 g/mol. The van der Waals surface area contributed by atoms with Gasteiger partial charge in [0.2, 0.25) is 0 Å². The highest BCUT2D eigenvalue weighted by Gasteiger charge is 2.24. The Labute approximate surface area is 47.3 Å². The van der Waals surface area contributed by atoms with E-state index in [4.69, 9.17) is 0 Å². The fourth-order valence-corrected chi connectivity index (χ4v) is 0.677. The van der Waals surface area contributed by atoms with Crippen LogP contribution in [0.1, 0.15) is 18.9 Å². The standard InChI is InChI=1S/C5H6N3/c1-2-5(1)8-6-3-4-7-8/h3,5H,1-2H2. The number of hydrogen-bond donors (Lipinski definition) is 0. The summed E-state index contributed by atoms with van der Waals surface area (Å²) in [5.74, 6) is 0. The van der Waals surface area contributed by atoms with Gasteiger partial charge in [-0.25, -0.2) is 0 Å². The number of nitrogens with zero attached hydrogens (tertiary/aromatic N) is 3. The molecule has 3 heteroatoms. The topological polar surface area (TPSA) is 30.7 Å². The minimum atomic E-state index is 0.598. The molecule has 1 aliphatic rings. The average molecular weight is 108 g/mol. The lowest BCUT2D eigenvalue weighted by Crippen LogP contribution is -1.96. The molecule has 1 heterocycles. The molecule has 2 rings (SSSR count). The fourth-order valence-electron chi connectivity index (χ4n) is 0.677. The number of rotatable bonds is 1. The predicted molar refractivity (Wildman–Crippen MR) is 27.1 cm³/mol. The first kappa shape index (κ1) is 4.06. The molecule has 41 valence electrons. The molecular formula is C5H6N3. The summed E-state index contributed by atoms with van der Waals surface area (Å²) in [6.45, 7) is 0. The van der Waals surface area contributed by atoms with Gasteiger partial charge in [0.1, 0.15) is 6.20 Å². The second-order valence-electron chi connectivity index (χ2n) is 2.03. The zero-order valence-electron chi connectivity index (χ0n) is 4.41. The Bertz CT molecular complexity index is 164. The quantitative estimate of drug-likeness (QED) is 0.521. The highest BCUT2D eigenvalue weighted by molar-refractivity contribution is 4.77. The Hall–Kier alpha value is -0.860. The summed E-state index contributed by atoms with van der Waals surface area (Å²) in [7, 11) is 0. The summed E-state index contributed by atoms with van der Waals surface area (Å²) < 4.78 is 0. The molecule has 0 unspecified atom stereocenters. The van der Waals surface area contributed by atoms with Crippen molar-refractivity contribution >= 4 is 0 Å². The summed E-state index contributed by atoms with van der Waals surface area (Å²) in [6, 6.07) is 0.598. The summed E-state index contributed by atoms with van der Waals surface area (Å²) in [5.41, 5.74) is 0. The van der Waals surface area contributed by atoms with E-state index < -0.39 is 0 Å². The third-order valence-corrected chi connectivity index (χ3v) is 1.27. The molecule has 0 bridgehead atoms. The van der Waals surface area contributed by atoms with Crippen LogP contribution in [0.2, 0.25) is 0 Å². The van der Waals surface area contributed by atoms with Gasteiger partial charge in [0, 0.05) is 0 Å². The Kier molecular flexibility index (Phi) is 0.664. The molecule has 0 N–H and O–H groups in total. The summed E-state index contributed by atoms with van der Waals surface area (Å²) in [5, 5.41) is 7.79. The van der Waals surface area contributed by atoms with Crippen molar-refractivity contribution in [2.24, 2.45) is 0 Å². The van der Waals surface area contributed by atoms with Crippen LogP contribution in [0.3, 0.4) is 0 Å². The first-order valence-corrected chi connectivity index (χ1v) is 2.75. The molecule has 1 aromatic heterocycles. The van der Waals surface area contributed by atoms with Crippen LogP contribution in [0.4, 0.5) is 0 Å². The average Bonchev–Trinajstić information content (AvgIpc) is 2.49. The van der Waals surface area contributed by atoms with E-state index in [9.17, 15) is 0 Å². The molecule has 1 saturated carbocycles. The van der Waals surface area contributed by atoms with Gasteiger partial charge in [0.15, 0.2) is 0 Å². The summed E-state index contributed by atoms with van der Waals surface area (Å²) >= 11 is 0. The van der Waals surface area contributed by atoms with Crippen molar-refractivity contribution < 1.29 is 0 Å². The number of hydrogen-bond acceptors (Lipinski definition) is 2. The Morgan fingerprint density at radius 3 is 3.00 bits per heavy atom. The van der Waals surface area contributed by atoms with Gasteiger partial charge in [-0.3, -0.25) is 0 Å². The van der Waals surface area contributed by atoms with Crippen LogP contribution in [0, 0.1) is 6.20 Å². The monoisotopic (exact) mass is 108 g/mol. The molecule has 3 nitrogen and oxygen atoms in total. The molecule has 1 radical (unpaired) electrons. The maximum absolute atomic E-state index is 3.93. The van der Waals surface area contributed by atoms with Gasteiger partial charge in [-0.05, 0) is 12.8 Å². The van der Waals surface area contributed by atoms with E-state index in [1.165, 1.54) is 12.8 Å². The van der Waals surface area contributed by atoms with E-state index >= 15 is 0 Å². The molecule has 1 aromatic rings. The van der Waals surface area contributed by atoms with E-state index in [-0.39, 0.29) is 0 Å². The van der Waals surface area contributed by atoms with Crippen LogP contribution in [0.25, 0.3) is 0 Å². The largest absolute Gasteiger partial charge is 0.181 e. The third kappa shape index (κ3) is 0.510. The molecule has 0 atom stereocenters. The minimum Gasteiger partial charge on any atom is -0.181 e. The first-order chi connectivity index (χ1) is 3.97. The van der Waals surface area contributed by atoms with Gasteiger partial charge in [0.25, 0.3) is 0 Å². The second-order valence-corrected chi connectivity index (χ2v) is 2.03. The van der Waals surface area contributed by atoms with Gasteiger partial charge >= 0.3 is 0 Å². The first-order valence-electron chi connectivity index (χ1n) is 2.75. The van der Waals surface area contributed by atoms with Crippen molar-refractivity contribution in [2.45, 2.75) is 18.9 Å². The second kappa shape index (κ2) is 1.31. The van der Waals surface area contributed by atoms with Crippen LogP contribution in [0.15, 0.2) is 6.20 Å². The van der Waals surface area contributed by atoms with E-state index in [0.717, 1.165) is 0 Å². The maximum Gasteiger partial charge on any atom is 0.134 e. The van der Waals surface area contributed by atoms with Crippen LogP contribution in [-0.2, 0) is 0 Å². The smallest absolute Gasteiger partial charge is 0.134 e. The van der Waals surface area contributed by atoms with Crippen molar-refractivity contribution in [3.63, 3.8) is 0 Å². The SMILES string of the molecule is [c]1cnn(C2CC2)n1. The Morgan fingerprint density at radius 1 is 1.62 bits per heavy atom. The maximum atomic E-state index is 3.93. The fraction of sp³-hybridized carbons (Fsp3) is 0.600. The van der Waals surface area contributed by atoms with Crippen LogP contribution in [0.5, 0.6) is 0 Å². The lowest BCUT2D eigenvalue weighted by atomic mass is 10.8. The highest BCUT2D eigenvalue weighted by atomic mass is 15.5. The zero-order chi connectivity index (χ0) is 5.40. The molecule has 0 aliphatic heterocycles. The van der Waals surface area contributed by atoms with E-state index in [1.807, 2.05) is 0 Å². The van der Waals surface area contributed by atoms with Crippen molar-refractivity contribution in [3.8, 4) is 0 Å². The molecule has 1 fully saturated rings. The lowest BCUT2D eigenvalue weighted by Gasteiger charge is -1.88. The third-order valence-electron chi connectivity index (χ3n) is 1.27. The molecule has 8 heavy (non-hydrogen) atoms. The molecule has 1 aliphatic carbocycles. The predicted octanol–water partition coefficient (Wildman–Crippen LogP) is 0.413. The van der Waals surface area contributed by atoms with E-state index in [2.05, 4.69) is 16.4 Å². The van der Waals surface area contributed by atoms with E-state index in [1.54, 1.807) is 11.0 Å². The van der Waals surface area contributed by atoms with Gasteiger partial charge in [-0.2, -0.15) is 15.0 Å². The van der Waals surface area contributed by atoms with Crippen molar-refractivity contribution in [1.29, 1.82) is 0 Å². The van der Waals surface area contributed by atoms with Crippen LogP contribution < -0.4 is 0 Å². The molecule has 0 saturated heterocycles. The Balaban J connectivity index is 2.28. The van der Waals surface area contributed by atoms with Gasteiger partial charge in [-0.15, -0.1) is 0 Å². The lowest BCUT2D eigenvalue weighted by molar-refractivity contribution is 0.553. The zero-order valence-corrected chi connectivity index (χ0v) is 4.41. The normalized spacial score (nSPS) is 19.0. The Morgan fingerprint density at radius 2 is 2.50 bits per heavy atom. The molecule has 0 aromatic carbocycles. The summed E-state index contributed by atoms with van der Waals surface area (Å²) in [6.07, 6.45) is 6.73. The molecule has 0 amide bonds. The van der Waals surface area contributed by atoms with Crippen molar-refractivity contribution in [3.05, 3.63) is 12.4 Å². The van der Waals surface area contributed by atoms with Crippen LogP contribution >= 0.6 is 0 Å². The van der Waals surface area contributed by atoms with E-state index in [0.29, 0.717) is 6.04 Å². The van der Waals surface area contributed by atoms with Crippen LogP contribution in [-0.4, -0.2) is 15.0 Å². The highest BCUT2D eigenvalue weighted by Crippen LogP contribution is 2.32. The van der Waals surface area contributed by atoms with Gasteiger partial charge < -0.3 is 0 Å². The van der Waals surface area contributed by atoms with Crippen molar-refractivity contribution in [1.82, 2.24) is 15.0 Å². The minimum absolute atomic E-state index is 0.598. The van der Waals surface area contributed by atoms with Gasteiger partial charge in [0.05, 0.1) is 12.2 Å². The number of aromatic nitrogens is 3. The van der Waals surface area contributed by atoms with Gasteiger partial charge in [-0.1, -0.05) is 0 Å².